The maximum atomic E-state index is 13.3. The Balaban J connectivity index is 1.57. The molecule has 0 aliphatic carbocycles. The second-order valence-corrected chi connectivity index (χ2v) is 5.84. The highest BCUT2D eigenvalue weighted by molar-refractivity contribution is 5.95. The molecule has 1 aliphatic heterocycles. The Hall–Kier alpha value is -2.40. The highest BCUT2D eigenvalue weighted by Gasteiger charge is 2.15. The number of aromatic amines is 1. The monoisotopic (exact) mass is 311 g/mol. The van der Waals surface area contributed by atoms with Crippen LogP contribution in [-0.4, -0.2) is 29.2 Å². The van der Waals surface area contributed by atoms with E-state index in [2.05, 4.69) is 15.3 Å². The van der Waals surface area contributed by atoms with Crippen molar-refractivity contribution in [3.05, 3.63) is 48.5 Å². The lowest BCUT2D eigenvalue weighted by Crippen LogP contribution is -2.34. The van der Waals surface area contributed by atoms with E-state index in [9.17, 15) is 4.39 Å². The Kier molecular flexibility index (Phi) is 3.71. The molecule has 1 fully saturated rings. The van der Waals surface area contributed by atoms with Crippen LogP contribution in [0.4, 0.5) is 4.39 Å². The molecule has 23 heavy (non-hydrogen) atoms. The minimum absolute atomic E-state index is 0.241. The van der Waals surface area contributed by atoms with Crippen LogP contribution in [-0.2, 0) is 0 Å². The molecule has 118 valence electrons. The van der Waals surface area contributed by atoms with Gasteiger partial charge in [-0.3, -0.25) is 0 Å². The normalized spacial score (nSPS) is 15.9. The van der Waals surface area contributed by atoms with Crippen LogP contribution in [0.3, 0.4) is 0 Å². The number of nitrogens with one attached hydrogen (secondary N) is 2. The van der Waals surface area contributed by atoms with Gasteiger partial charge in [-0.25, -0.2) is 9.37 Å². The standard InChI is InChI=1S/C18H18FN3O/c19-13-2-3-15-16(11-21-17(15)9-13)12-1-4-18(22-10-12)23-14-5-7-20-8-6-14/h1-4,9-11,14,20-21H,5-8H2. The van der Waals surface area contributed by atoms with Gasteiger partial charge in [-0.05, 0) is 50.2 Å². The number of hydrogen-bond acceptors (Lipinski definition) is 3. The first kappa shape index (κ1) is 14.2. The summed E-state index contributed by atoms with van der Waals surface area (Å²) in [7, 11) is 0. The molecule has 0 unspecified atom stereocenters. The number of benzene rings is 1. The van der Waals surface area contributed by atoms with Crippen molar-refractivity contribution in [2.75, 3.05) is 13.1 Å². The maximum absolute atomic E-state index is 13.3. The summed E-state index contributed by atoms with van der Waals surface area (Å²) in [5, 5.41) is 4.30. The average molecular weight is 311 g/mol. The number of piperidine rings is 1. The van der Waals surface area contributed by atoms with Crippen molar-refractivity contribution in [2.24, 2.45) is 0 Å². The summed E-state index contributed by atoms with van der Waals surface area (Å²) in [5.74, 6) is 0.418. The number of hydrogen-bond donors (Lipinski definition) is 2. The summed E-state index contributed by atoms with van der Waals surface area (Å²) < 4.78 is 19.2. The number of H-pyrrole nitrogens is 1. The highest BCUT2D eigenvalue weighted by Crippen LogP contribution is 2.29. The predicted octanol–water partition coefficient (Wildman–Crippen LogP) is 3.50. The molecular formula is C18H18FN3O. The quantitative estimate of drug-likeness (QED) is 0.778. The SMILES string of the molecule is Fc1ccc2c(-c3ccc(OC4CCNCC4)nc3)c[nH]c2c1. The van der Waals surface area contributed by atoms with Gasteiger partial charge in [0.05, 0.1) is 0 Å². The van der Waals surface area contributed by atoms with E-state index in [4.69, 9.17) is 4.74 Å². The fourth-order valence-electron chi connectivity index (χ4n) is 3.03. The number of ether oxygens (including phenoxy) is 1. The smallest absolute Gasteiger partial charge is 0.213 e. The maximum Gasteiger partial charge on any atom is 0.213 e. The van der Waals surface area contributed by atoms with Gasteiger partial charge in [0.15, 0.2) is 0 Å². The van der Waals surface area contributed by atoms with Crippen molar-refractivity contribution in [3.8, 4) is 17.0 Å². The van der Waals surface area contributed by atoms with E-state index in [0.29, 0.717) is 5.88 Å². The van der Waals surface area contributed by atoms with Gasteiger partial charge in [-0.2, -0.15) is 0 Å². The van der Waals surface area contributed by atoms with Crippen LogP contribution in [0.15, 0.2) is 42.7 Å². The number of halogens is 1. The number of pyridine rings is 1. The Morgan fingerprint density at radius 3 is 2.78 bits per heavy atom. The molecule has 4 nitrogen and oxygen atoms in total. The zero-order valence-corrected chi connectivity index (χ0v) is 12.7. The second kappa shape index (κ2) is 6.01. The van der Waals surface area contributed by atoms with Crippen LogP contribution in [0.25, 0.3) is 22.0 Å². The summed E-state index contributed by atoms with van der Waals surface area (Å²) in [6.07, 6.45) is 5.96. The van der Waals surface area contributed by atoms with Crippen molar-refractivity contribution in [2.45, 2.75) is 18.9 Å². The summed E-state index contributed by atoms with van der Waals surface area (Å²) >= 11 is 0. The molecule has 0 atom stereocenters. The van der Waals surface area contributed by atoms with E-state index in [-0.39, 0.29) is 11.9 Å². The molecule has 0 saturated carbocycles. The van der Waals surface area contributed by atoms with E-state index < -0.39 is 0 Å². The van der Waals surface area contributed by atoms with Gasteiger partial charge in [0.2, 0.25) is 5.88 Å². The van der Waals surface area contributed by atoms with Crippen molar-refractivity contribution in [1.82, 2.24) is 15.3 Å². The van der Waals surface area contributed by atoms with Gasteiger partial charge in [0.25, 0.3) is 0 Å². The van der Waals surface area contributed by atoms with Gasteiger partial charge in [-0.1, -0.05) is 0 Å². The molecule has 5 heteroatoms. The molecule has 2 aromatic heterocycles. The lowest BCUT2D eigenvalue weighted by Gasteiger charge is -2.23. The third kappa shape index (κ3) is 2.92. The fraction of sp³-hybridized carbons (Fsp3) is 0.278. The molecule has 2 N–H and O–H groups in total. The lowest BCUT2D eigenvalue weighted by atomic mass is 10.1. The minimum atomic E-state index is -0.241. The van der Waals surface area contributed by atoms with Crippen molar-refractivity contribution in [1.29, 1.82) is 0 Å². The topological polar surface area (TPSA) is 49.9 Å². The highest BCUT2D eigenvalue weighted by atomic mass is 19.1. The molecule has 4 rings (SSSR count). The Labute approximate surface area is 133 Å². The molecular weight excluding hydrogens is 293 g/mol. The number of nitrogens with zero attached hydrogens (tertiary/aromatic N) is 1. The van der Waals surface area contributed by atoms with Crippen molar-refractivity contribution >= 4 is 10.9 Å². The molecule has 1 saturated heterocycles. The Morgan fingerprint density at radius 2 is 2.00 bits per heavy atom. The van der Waals surface area contributed by atoms with Crippen LogP contribution < -0.4 is 10.1 Å². The summed E-state index contributed by atoms with van der Waals surface area (Å²) in [5.41, 5.74) is 2.79. The first-order valence-electron chi connectivity index (χ1n) is 7.90. The van der Waals surface area contributed by atoms with Gasteiger partial charge in [0.1, 0.15) is 11.9 Å². The Morgan fingerprint density at radius 1 is 1.13 bits per heavy atom. The van der Waals surface area contributed by atoms with Crippen LogP contribution in [0.5, 0.6) is 5.88 Å². The first-order valence-corrected chi connectivity index (χ1v) is 7.90. The van der Waals surface area contributed by atoms with E-state index >= 15 is 0 Å². The van der Waals surface area contributed by atoms with E-state index in [1.54, 1.807) is 6.07 Å². The summed E-state index contributed by atoms with van der Waals surface area (Å²) in [6, 6.07) is 8.66. The minimum Gasteiger partial charge on any atom is -0.474 e. The first-order chi connectivity index (χ1) is 11.3. The Bertz CT molecular complexity index is 807. The van der Waals surface area contributed by atoms with Gasteiger partial charge < -0.3 is 15.0 Å². The molecule has 0 amide bonds. The lowest BCUT2D eigenvalue weighted by molar-refractivity contribution is 0.156. The van der Waals surface area contributed by atoms with E-state index in [1.165, 1.54) is 12.1 Å². The third-order valence-electron chi connectivity index (χ3n) is 4.26. The predicted molar refractivity (Wildman–Crippen MR) is 88.0 cm³/mol. The molecule has 0 radical (unpaired) electrons. The number of fused-ring (bicyclic) bond motifs is 1. The molecule has 0 bridgehead atoms. The largest absolute Gasteiger partial charge is 0.474 e. The van der Waals surface area contributed by atoms with Gasteiger partial charge in [-0.15, -0.1) is 0 Å². The number of aromatic nitrogens is 2. The summed E-state index contributed by atoms with van der Waals surface area (Å²) in [6.45, 7) is 1.99. The van der Waals surface area contributed by atoms with Crippen LogP contribution in [0, 0.1) is 5.82 Å². The van der Waals surface area contributed by atoms with Crippen LogP contribution >= 0.6 is 0 Å². The molecule has 1 aromatic carbocycles. The van der Waals surface area contributed by atoms with Crippen LogP contribution in [0.2, 0.25) is 0 Å². The zero-order chi connectivity index (χ0) is 15.6. The molecule has 0 spiro atoms. The van der Waals surface area contributed by atoms with Crippen molar-refractivity contribution < 1.29 is 9.13 Å². The third-order valence-corrected chi connectivity index (χ3v) is 4.26. The molecule has 1 aliphatic rings. The second-order valence-electron chi connectivity index (χ2n) is 5.84. The molecule has 3 heterocycles. The van der Waals surface area contributed by atoms with Gasteiger partial charge in [0, 0.05) is 40.5 Å². The van der Waals surface area contributed by atoms with E-state index in [1.807, 2.05) is 24.5 Å². The van der Waals surface area contributed by atoms with E-state index in [0.717, 1.165) is 48.0 Å². The number of rotatable bonds is 3. The zero-order valence-electron chi connectivity index (χ0n) is 12.7. The van der Waals surface area contributed by atoms with Crippen molar-refractivity contribution in [3.63, 3.8) is 0 Å². The average Bonchev–Trinajstić information content (AvgIpc) is 2.99. The molecule has 3 aromatic rings. The summed E-state index contributed by atoms with van der Waals surface area (Å²) in [4.78, 5) is 7.52. The fourth-order valence-corrected chi connectivity index (χ4v) is 3.03. The van der Waals surface area contributed by atoms with Gasteiger partial charge >= 0.3 is 0 Å². The van der Waals surface area contributed by atoms with Crippen LogP contribution in [0.1, 0.15) is 12.8 Å².